The maximum Gasteiger partial charge on any atom is 0.236 e. The zero-order valence-electron chi connectivity index (χ0n) is 11.8. The van der Waals surface area contributed by atoms with E-state index in [0.717, 1.165) is 19.6 Å². The summed E-state index contributed by atoms with van der Waals surface area (Å²) in [6, 6.07) is 14.0. The summed E-state index contributed by atoms with van der Waals surface area (Å²) in [5, 5.41) is 3.51. The van der Waals surface area contributed by atoms with Crippen molar-refractivity contribution < 1.29 is 4.79 Å². The third-order valence-corrected chi connectivity index (χ3v) is 5.43. The second-order valence-corrected chi connectivity index (χ2v) is 7.78. The van der Waals surface area contributed by atoms with Gasteiger partial charge in [0.15, 0.2) is 5.13 Å². The number of nitrogens with one attached hydrogen (secondary N) is 1. The summed E-state index contributed by atoms with van der Waals surface area (Å²) >= 11 is 6.44. The van der Waals surface area contributed by atoms with Crippen molar-refractivity contribution in [3.63, 3.8) is 0 Å². The molecule has 0 radical (unpaired) electrons. The smallest absolute Gasteiger partial charge is 0.236 e. The minimum absolute atomic E-state index is 0.0382. The van der Waals surface area contributed by atoms with Crippen LogP contribution in [-0.4, -0.2) is 16.6 Å². The van der Waals surface area contributed by atoms with Gasteiger partial charge in [-0.15, -0.1) is 11.8 Å². The maximum absolute atomic E-state index is 12.0. The number of hydrogen-bond donors (Lipinski definition) is 1. The number of fused-ring (bicyclic) bond motifs is 1. The average molecular weight is 393 g/mol. The molecule has 0 aliphatic rings. The molecule has 0 saturated heterocycles. The molecule has 0 unspecified atom stereocenters. The molecule has 6 heteroatoms. The number of aryl methyl sites for hydroxylation is 1. The fourth-order valence-electron chi connectivity index (χ4n) is 1.89. The van der Waals surface area contributed by atoms with Crippen LogP contribution in [0, 0.1) is 6.92 Å². The summed E-state index contributed by atoms with van der Waals surface area (Å²) in [6.45, 7) is 2.05. The van der Waals surface area contributed by atoms with Gasteiger partial charge in [-0.1, -0.05) is 45.0 Å². The monoisotopic (exact) mass is 392 g/mol. The van der Waals surface area contributed by atoms with E-state index in [0.29, 0.717) is 10.9 Å². The van der Waals surface area contributed by atoms with E-state index in [2.05, 4.69) is 26.2 Å². The third kappa shape index (κ3) is 3.88. The molecule has 3 nitrogen and oxygen atoms in total. The minimum atomic E-state index is -0.0382. The Kier molecular flexibility index (Phi) is 4.81. The van der Waals surface area contributed by atoms with E-state index in [1.165, 1.54) is 28.7 Å². The molecule has 3 aromatic rings. The SMILES string of the molecule is Cc1ccc(SCC(=O)Nc2nc3ccc(Br)cc3s2)cc1. The van der Waals surface area contributed by atoms with Crippen molar-refractivity contribution in [2.24, 2.45) is 0 Å². The van der Waals surface area contributed by atoms with Gasteiger partial charge in [-0.25, -0.2) is 4.98 Å². The number of anilines is 1. The van der Waals surface area contributed by atoms with E-state index < -0.39 is 0 Å². The molecule has 1 aromatic heterocycles. The Morgan fingerprint density at radius 1 is 1.27 bits per heavy atom. The normalized spacial score (nSPS) is 10.8. The van der Waals surface area contributed by atoms with Crippen LogP contribution in [-0.2, 0) is 4.79 Å². The van der Waals surface area contributed by atoms with Gasteiger partial charge in [0.2, 0.25) is 5.91 Å². The number of halogens is 1. The van der Waals surface area contributed by atoms with Crippen LogP contribution >= 0.6 is 39.0 Å². The Balaban J connectivity index is 1.61. The van der Waals surface area contributed by atoms with Crippen molar-refractivity contribution in [2.75, 3.05) is 11.1 Å². The molecule has 1 amide bonds. The molecule has 0 spiro atoms. The Bertz CT molecular complexity index is 815. The predicted molar refractivity (Wildman–Crippen MR) is 97.9 cm³/mol. The molecule has 0 aliphatic carbocycles. The number of nitrogens with zero attached hydrogens (tertiary/aromatic N) is 1. The van der Waals surface area contributed by atoms with Gasteiger partial charge in [-0.05, 0) is 37.3 Å². The van der Waals surface area contributed by atoms with Gasteiger partial charge >= 0.3 is 0 Å². The van der Waals surface area contributed by atoms with Gasteiger partial charge in [-0.3, -0.25) is 4.79 Å². The lowest BCUT2D eigenvalue weighted by Gasteiger charge is -2.02. The van der Waals surface area contributed by atoms with E-state index in [-0.39, 0.29) is 5.91 Å². The Morgan fingerprint density at radius 2 is 2.05 bits per heavy atom. The lowest BCUT2D eigenvalue weighted by molar-refractivity contribution is -0.113. The van der Waals surface area contributed by atoms with Crippen molar-refractivity contribution in [3.8, 4) is 0 Å². The standard InChI is InChI=1S/C16H13BrN2OS2/c1-10-2-5-12(6-3-10)21-9-15(20)19-16-18-13-7-4-11(17)8-14(13)22-16/h2-8H,9H2,1H3,(H,18,19,20). The zero-order chi connectivity index (χ0) is 15.5. The summed E-state index contributed by atoms with van der Waals surface area (Å²) in [5.74, 6) is 0.339. The topological polar surface area (TPSA) is 42.0 Å². The third-order valence-electron chi connectivity index (χ3n) is 2.99. The minimum Gasteiger partial charge on any atom is -0.301 e. The predicted octanol–water partition coefficient (Wildman–Crippen LogP) is 5.10. The number of carbonyl (C=O) groups excluding carboxylic acids is 1. The fourth-order valence-corrected chi connectivity index (χ4v) is 4.02. The average Bonchev–Trinajstić information content (AvgIpc) is 2.88. The maximum atomic E-state index is 12.0. The largest absolute Gasteiger partial charge is 0.301 e. The quantitative estimate of drug-likeness (QED) is 0.628. The van der Waals surface area contributed by atoms with E-state index in [9.17, 15) is 4.79 Å². The second kappa shape index (κ2) is 6.81. The molecule has 0 atom stereocenters. The van der Waals surface area contributed by atoms with Crippen LogP contribution in [0.2, 0.25) is 0 Å². The summed E-state index contributed by atoms with van der Waals surface area (Å²) in [7, 11) is 0. The Labute approximate surface area is 145 Å². The molecule has 0 fully saturated rings. The Morgan fingerprint density at radius 3 is 2.82 bits per heavy atom. The summed E-state index contributed by atoms with van der Waals surface area (Å²) in [6.07, 6.45) is 0. The van der Waals surface area contributed by atoms with Gasteiger partial charge in [-0.2, -0.15) is 0 Å². The lowest BCUT2D eigenvalue weighted by atomic mass is 10.2. The van der Waals surface area contributed by atoms with E-state index >= 15 is 0 Å². The molecule has 1 heterocycles. The number of hydrogen-bond acceptors (Lipinski definition) is 4. The Hall–Kier alpha value is -1.37. The molecule has 2 aromatic carbocycles. The van der Waals surface area contributed by atoms with E-state index in [1.54, 1.807) is 0 Å². The summed E-state index contributed by atoms with van der Waals surface area (Å²) in [5.41, 5.74) is 2.11. The summed E-state index contributed by atoms with van der Waals surface area (Å²) in [4.78, 5) is 17.5. The van der Waals surface area contributed by atoms with Crippen molar-refractivity contribution in [1.29, 1.82) is 0 Å². The van der Waals surface area contributed by atoms with Crippen LogP contribution < -0.4 is 5.32 Å². The van der Waals surface area contributed by atoms with Crippen molar-refractivity contribution in [1.82, 2.24) is 4.98 Å². The molecule has 3 rings (SSSR count). The van der Waals surface area contributed by atoms with Crippen LogP contribution in [0.4, 0.5) is 5.13 Å². The van der Waals surface area contributed by atoms with Gasteiger partial charge in [0, 0.05) is 9.37 Å². The highest BCUT2D eigenvalue weighted by atomic mass is 79.9. The molecule has 1 N–H and O–H groups in total. The van der Waals surface area contributed by atoms with Crippen LogP contribution in [0.5, 0.6) is 0 Å². The molecular formula is C16H13BrN2OS2. The molecule has 0 saturated carbocycles. The van der Waals surface area contributed by atoms with Crippen molar-refractivity contribution in [3.05, 3.63) is 52.5 Å². The van der Waals surface area contributed by atoms with Crippen LogP contribution in [0.3, 0.4) is 0 Å². The molecule has 0 bridgehead atoms. The summed E-state index contributed by atoms with van der Waals surface area (Å²) < 4.78 is 2.06. The van der Waals surface area contributed by atoms with Crippen LogP contribution in [0.25, 0.3) is 10.2 Å². The van der Waals surface area contributed by atoms with Crippen LogP contribution in [0.1, 0.15) is 5.56 Å². The van der Waals surface area contributed by atoms with Crippen molar-refractivity contribution in [2.45, 2.75) is 11.8 Å². The van der Waals surface area contributed by atoms with Gasteiger partial charge in [0.25, 0.3) is 0 Å². The first-order chi connectivity index (χ1) is 10.6. The van der Waals surface area contributed by atoms with Crippen molar-refractivity contribution >= 4 is 60.3 Å². The molecule has 22 heavy (non-hydrogen) atoms. The number of carbonyl (C=O) groups is 1. The zero-order valence-corrected chi connectivity index (χ0v) is 15.0. The van der Waals surface area contributed by atoms with Gasteiger partial charge in [0.1, 0.15) is 0 Å². The first-order valence-corrected chi connectivity index (χ1v) is 9.25. The molecule has 0 aliphatic heterocycles. The molecular weight excluding hydrogens is 380 g/mol. The van der Waals surface area contributed by atoms with E-state index in [4.69, 9.17) is 0 Å². The number of aromatic nitrogens is 1. The van der Waals surface area contributed by atoms with Gasteiger partial charge in [0.05, 0.1) is 16.0 Å². The number of benzene rings is 2. The van der Waals surface area contributed by atoms with E-state index in [1.807, 2.05) is 49.4 Å². The highest BCUT2D eigenvalue weighted by Gasteiger charge is 2.08. The van der Waals surface area contributed by atoms with Gasteiger partial charge < -0.3 is 5.32 Å². The second-order valence-electron chi connectivity index (χ2n) is 4.78. The van der Waals surface area contributed by atoms with Crippen LogP contribution in [0.15, 0.2) is 51.8 Å². The number of amides is 1. The fraction of sp³-hybridized carbons (Fsp3) is 0.125. The highest BCUT2D eigenvalue weighted by molar-refractivity contribution is 9.10. The number of thiazole rings is 1. The first kappa shape index (κ1) is 15.5. The number of rotatable bonds is 4. The molecule has 112 valence electrons. The first-order valence-electron chi connectivity index (χ1n) is 6.65. The highest BCUT2D eigenvalue weighted by Crippen LogP contribution is 2.28. The number of thioether (sulfide) groups is 1. The lowest BCUT2D eigenvalue weighted by Crippen LogP contribution is -2.13.